The van der Waals surface area contributed by atoms with Gasteiger partial charge >= 0.3 is 5.69 Å². The van der Waals surface area contributed by atoms with Crippen LogP contribution >= 0.6 is 0 Å². The first kappa shape index (κ1) is 18.9. The first-order valence-corrected chi connectivity index (χ1v) is 9.26. The number of pyridine rings is 1. The van der Waals surface area contributed by atoms with Crippen molar-refractivity contribution in [3.8, 4) is 5.75 Å². The van der Waals surface area contributed by atoms with Crippen molar-refractivity contribution < 1.29 is 4.74 Å². The molecule has 2 heterocycles. The van der Waals surface area contributed by atoms with Gasteiger partial charge < -0.3 is 4.74 Å². The first-order chi connectivity index (χ1) is 12.9. The summed E-state index contributed by atoms with van der Waals surface area (Å²) in [4.78, 5) is 30.2. The number of aromatic nitrogens is 3. The van der Waals surface area contributed by atoms with Gasteiger partial charge in [-0.1, -0.05) is 37.3 Å². The average Bonchev–Trinajstić information content (AvgIpc) is 2.65. The van der Waals surface area contributed by atoms with Crippen LogP contribution < -0.4 is 16.0 Å². The van der Waals surface area contributed by atoms with E-state index in [1.54, 1.807) is 13.2 Å². The average molecular weight is 367 g/mol. The molecule has 2 aromatic heterocycles. The van der Waals surface area contributed by atoms with Crippen LogP contribution in [0.25, 0.3) is 11.0 Å². The third kappa shape index (κ3) is 3.65. The first-order valence-electron chi connectivity index (χ1n) is 9.26. The largest absolute Gasteiger partial charge is 0.489 e. The lowest BCUT2D eigenvalue weighted by Crippen LogP contribution is -2.39. The Kier molecular flexibility index (Phi) is 5.44. The lowest BCUT2D eigenvalue weighted by molar-refractivity contribution is 0.240. The maximum Gasteiger partial charge on any atom is 0.332 e. The van der Waals surface area contributed by atoms with E-state index in [1.165, 1.54) is 9.13 Å². The molecule has 3 aromatic rings. The third-order valence-electron chi connectivity index (χ3n) is 4.46. The molecule has 0 aliphatic rings. The van der Waals surface area contributed by atoms with Crippen LogP contribution in [0.4, 0.5) is 0 Å². The van der Waals surface area contributed by atoms with E-state index in [4.69, 9.17) is 4.74 Å². The Morgan fingerprint density at radius 1 is 1.15 bits per heavy atom. The number of hydrogen-bond acceptors (Lipinski definition) is 4. The van der Waals surface area contributed by atoms with E-state index in [-0.39, 0.29) is 17.4 Å². The third-order valence-corrected chi connectivity index (χ3v) is 4.46. The number of aryl methyl sites for hydroxylation is 1. The molecule has 0 aliphatic carbocycles. The Morgan fingerprint density at radius 3 is 2.48 bits per heavy atom. The molecule has 1 aromatic carbocycles. The molecule has 0 spiro atoms. The van der Waals surface area contributed by atoms with E-state index in [0.29, 0.717) is 36.2 Å². The fraction of sp³-hybridized carbons (Fsp3) is 0.381. The van der Waals surface area contributed by atoms with Crippen molar-refractivity contribution in [3.05, 3.63) is 68.5 Å². The highest BCUT2D eigenvalue weighted by atomic mass is 16.5. The van der Waals surface area contributed by atoms with Crippen molar-refractivity contribution in [2.45, 2.75) is 46.3 Å². The second kappa shape index (κ2) is 7.78. The van der Waals surface area contributed by atoms with Gasteiger partial charge in [0.25, 0.3) is 5.56 Å². The Morgan fingerprint density at radius 2 is 1.85 bits per heavy atom. The van der Waals surface area contributed by atoms with Gasteiger partial charge in [-0.15, -0.1) is 0 Å². The van der Waals surface area contributed by atoms with Gasteiger partial charge in [-0.3, -0.25) is 13.9 Å². The molecule has 0 saturated heterocycles. The standard InChI is InChI=1S/C21H25N3O3/c1-5-11-24-20(25)18-16(12-15-9-7-6-8-10-15)17(27-14(2)3)13-22-19(18)23(4)21(24)26/h6-10,13-14H,5,11-12H2,1-4H3. The number of benzene rings is 1. The number of hydrogen-bond donors (Lipinski definition) is 0. The highest BCUT2D eigenvalue weighted by Crippen LogP contribution is 2.27. The molecule has 27 heavy (non-hydrogen) atoms. The molecule has 0 aliphatic heterocycles. The summed E-state index contributed by atoms with van der Waals surface area (Å²) in [6, 6.07) is 9.91. The molecular formula is C21H25N3O3. The second-order valence-corrected chi connectivity index (χ2v) is 6.93. The van der Waals surface area contributed by atoms with E-state index in [2.05, 4.69) is 4.98 Å². The molecule has 6 nitrogen and oxygen atoms in total. The Bertz CT molecular complexity index is 1070. The van der Waals surface area contributed by atoms with Crippen LogP contribution in [0.3, 0.4) is 0 Å². The number of rotatable bonds is 6. The Labute approximate surface area is 158 Å². The van der Waals surface area contributed by atoms with E-state index in [1.807, 2.05) is 51.1 Å². The van der Waals surface area contributed by atoms with Gasteiger partial charge in [0.1, 0.15) is 11.4 Å². The summed E-state index contributed by atoms with van der Waals surface area (Å²) < 4.78 is 8.69. The second-order valence-electron chi connectivity index (χ2n) is 6.93. The number of nitrogens with zero attached hydrogens (tertiary/aromatic N) is 3. The molecule has 0 fully saturated rings. The smallest absolute Gasteiger partial charge is 0.332 e. The molecule has 0 bridgehead atoms. The SMILES string of the molecule is CCCn1c(=O)c2c(Cc3ccccc3)c(OC(C)C)cnc2n(C)c1=O. The van der Waals surface area contributed by atoms with Crippen molar-refractivity contribution in [1.82, 2.24) is 14.1 Å². The minimum Gasteiger partial charge on any atom is -0.489 e. The molecule has 0 saturated carbocycles. The maximum atomic E-state index is 13.2. The molecular weight excluding hydrogens is 342 g/mol. The summed E-state index contributed by atoms with van der Waals surface area (Å²) in [7, 11) is 1.65. The summed E-state index contributed by atoms with van der Waals surface area (Å²) >= 11 is 0. The predicted octanol–water partition coefficient (Wildman–Crippen LogP) is 2.88. The molecule has 0 radical (unpaired) electrons. The van der Waals surface area contributed by atoms with Gasteiger partial charge in [0.2, 0.25) is 0 Å². The monoisotopic (exact) mass is 367 g/mol. The van der Waals surface area contributed by atoms with Gasteiger partial charge in [-0.2, -0.15) is 0 Å². The van der Waals surface area contributed by atoms with E-state index in [0.717, 1.165) is 11.1 Å². The summed E-state index contributed by atoms with van der Waals surface area (Å²) in [6.07, 6.45) is 2.79. The van der Waals surface area contributed by atoms with Crippen LogP contribution in [-0.4, -0.2) is 20.2 Å². The molecule has 0 unspecified atom stereocenters. The fourth-order valence-electron chi connectivity index (χ4n) is 3.24. The summed E-state index contributed by atoms with van der Waals surface area (Å²) in [5.41, 5.74) is 1.58. The summed E-state index contributed by atoms with van der Waals surface area (Å²) in [6.45, 7) is 6.19. The normalized spacial score (nSPS) is 11.3. The number of ether oxygens (including phenoxy) is 1. The highest BCUT2D eigenvalue weighted by Gasteiger charge is 2.19. The summed E-state index contributed by atoms with van der Waals surface area (Å²) in [5.74, 6) is 0.583. The van der Waals surface area contributed by atoms with Crippen LogP contribution in [0.5, 0.6) is 5.75 Å². The van der Waals surface area contributed by atoms with E-state index < -0.39 is 0 Å². The van der Waals surface area contributed by atoms with Crippen LogP contribution in [0, 0.1) is 0 Å². The van der Waals surface area contributed by atoms with E-state index in [9.17, 15) is 9.59 Å². The number of fused-ring (bicyclic) bond motifs is 1. The van der Waals surface area contributed by atoms with Gasteiger partial charge in [0, 0.05) is 25.6 Å². The van der Waals surface area contributed by atoms with Crippen LogP contribution in [0.1, 0.15) is 38.3 Å². The lowest BCUT2D eigenvalue weighted by Gasteiger charge is -2.18. The molecule has 0 N–H and O–H groups in total. The predicted molar refractivity (Wildman–Crippen MR) is 107 cm³/mol. The van der Waals surface area contributed by atoms with Crippen molar-refractivity contribution in [2.24, 2.45) is 7.05 Å². The van der Waals surface area contributed by atoms with Crippen LogP contribution in [-0.2, 0) is 20.0 Å². The molecule has 0 atom stereocenters. The zero-order valence-electron chi connectivity index (χ0n) is 16.2. The van der Waals surface area contributed by atoms with Crippen molar-refractivity contribution in [1.29, 1.82) is 0 Å². The zero-order chi connectivity index (χ0) is 19.6. The molecule has 0 amide bonds. The molecule has 142 valence electrons. The highest BCUT2D eigenvalue weighted by molar-refractivity contribution is 5.81. The lowest BCUT2D eigenvalue weighted by atomic mass is 10.0. The zero-order valence-corrected chi connectivity index (χ0v) is 16.2. The van der Waals surface area contributed by atoms with Gasteiger partial charge in [0.15, 0.2) is 0 Å². The fourth-order valence-corrected chi connectivity index (χ4v) is 3.24. The van der Waals surface area contributed by atoms with Crippen molar-refractivity contribution in [2.75, 3.05) is 0 Å². The van der Waals surface area contributed by atoms with Crippen LogP contribution in [0.15, 0.2) is 46.1 Å². The molecule has 3 rings (SSSR count). The van der Waals surface area contributed by atoms with Gasteiger partial charge in [-0.05, 0) is 25.8 Å². The Hall–Kier alpha value is -2.89. The summed E-state index contributed by atoms with van der Waals surface area (Å²) in [5, 5.41) is 0.451. The van der Waals surface area contributed by atoms with E-state index >= 15 is 0 Å². The topological polar surface area (TPSA) is 66.1 Å². The maximum absolute atomic E-state index is 13.2. The van der Waals surface area contributed by atoms with Gasteiger partial charge in [-0.25, -0.2) is 9.78 Å². The Balaban J connectivity index is 2.36. The van der Waals surface area contributed by atoms with Crippen LogP contribution in [0.2, 0.25) is 0 Å². The quantitative estimate of drug-likeness (QED) is 0.672. The minimum atomic E-state index is -0.343. The molecule has 6 heteroatoms. The van der Waals surface area contributed by atoms with Crippen molar-refractivity contribution in [3.63, 3.8) is 0 Å². The minimum absolute atomic E-state index is 0.0517. The van der Waals surface area contributed by atoms with Crippen molar-refractivity contribution >= 4 is 11.0 Å². The van der Waals surface area contributed by atoms with Gasteiger partial charge in [0.05, 0.1) is 17.7 Å².